The molecule has 0 spiro atoms. The summed E-state index contributed by atoms with van der Waals surface area (Å²) in [6, 6.07) is 4.52. The number of nitrogen functional groups attached to an aromatic ring is 1. The molecule has 1 atom stereocenters. The zero-order valence-corrected chi connectivity index (χ0v) is 10.1. The SMILES string of the molecule is CC(O)C1CCN(c2ccc(F)cc2N)CC1. The van der Waals surface area contributed by atoms with Gasteiger partial charge in [0.25, 0.3) is 0 Å². The van der Waals surface area contributed by atoms with Crippen molar-refractivity contribution in [3.63, 3.8) is 0 Å². The molecule has 4 heteroatoms. The van der Waals surface area contributed by atoms with Gasteiger partial charge in [-0.25, -0.2) is 4.39 Å². The smallest absolute Gasteiger partial charge is 0.125 e. The zero-order chi connectivity index (χ0) is 12.4. The first-order valence-electron chi connectivity index (χ1n) is 6.06. The molecule has 1 fully saturated rings. The van der Waals surface area contributed by atoms with Gasteiger partial charge in [0, 0.05) is 13.1 Å². The van der Waals surface area contributed by atoms with Gasteiger partial charge in [0.15, 0.2) is 0 Å². The molecule has 1 aliphatic rings. The average Bonchev–Trinajstić information content (AvgIpc) is 2.29. The Morgan fingerprint density at radius 1 is 1.41 bits per heavy atom. The number of aliphatic hydroxyl groups is 1. The van der Waals surface area contributed by atoms with Crippen LogP contribution in [0.4, 0.5) is 15.8 Å². The van der Waals surface area contributed by atoms with Gasteiger partial charge in [-0.15, -0.1) is 0 Å². The largest absolute Gasteiger partial charge is 0.397 e. The van der Waals surface area contributed by atoms with E-state index >= 15 is 0 Å². The summed E-state index contributed by atoms with van der Waals surface area (Å²) in [6.07, 6.45) is 1.66. The van der Waals surface area contributed by atoms with E-state index in [1.807, 2.05) is 6.92 Å². The quantitative estimate of drug-likeness (QED) is 0.775. The van der Waals surface area contributed by atoms with Crippen LogP contribution in [0, 0.1) is 11.7 Å². The normalized spacial score (nSPS) is 19.4. The van der Waals surface area contributed by atoms with Crippen molar-refractivity contribution < 1.29 is 9.50 Å². The third-order valence-corrected chi connectivity index (χ3v) is 3.55. The van der Waals surface area contributed by atoms with Crippen LogP contribution < -0.4 is 10.6 Å². The number of hydrogen-bond acceptors (Lipinski definition) is 3. The van der Waals surface area contributed by atoms with Crippen molar-refractivity contribution in [1.29, 1.82) is 0 Å². The highest BCUT2D eigenvalue weighted by Gasteiger charge is 2.23. The lowest BCUT2D eigenvalue weighted by molar-refractivity contribution is 0.110. The van der Waals surface area contributed by atoms with Crippen molar-refractivity contribution in [3.8, 4) is 0 Å². The van der Waals surface area contributed by atoms with E-state index in [1.165, 1.54) is 12.1 Å². The van der Waals surface area contributed by atoms with Crippen molar-refractivity contribution in [1.82, 2.24) is 0 Å². The number of rotatable bonds is 2. The average molecular weight is 238 g/mol. The molecule has 0 aromatic heterocycles. The number of hydrogen-bond donors (Lipinski definition) is 2. The highest BCUT2D eigenvalue weighted by Crippen LogP contribution is 2.29. The molecule has 0 aliphatic carbocycles. The first-order chi connectivity index (χ1) is 8.08. The van der Waals surface area contributed by atoms with Crippen LogP contribution in [0.1, 0.15) is 19.8 Å². The van der Waals surface area contributed by atoms with Crippen molar-refractivity contribution in [2.24, 2.45) is 5.92 Å². The molecule has 0 radical (unpaired) electrons. The molecule has 0 saturated carbocycles. The summed E-state index contributed by atoms with van der Waals surface area (Å²) in [4.78, 5) is 2.16. The maximum atomic E-state index is 13.0. The molecule has 94 valence electrons. The van der Waals surface area contributed by atoms with Gasteiger partial charge in [0.1, 0.15) is 5.82 Å². The lowest BCUT2D eigenvalue weighted by Gasteiger charge is -2.35. The lowest BCUT2D eigenvalue weighted by Crippen LogP contribution is -2.37. The summed E-state index contributed by atoms with van der Waals surface area (Å²) < 4.78 is 13.0. The second kappa shape index (κ2) is 4.92. The molecule has 0 bridgehead atoms. The Hall–Kier alpha value is -1.29. The van der Waals surface area contributed by atoms with E-state index in [1.54, 1.807) is 6.07 Å². The monoisotopic (exact) mass is 238 g/mol. The van der Waals surface area contributed by atoms with Gasteiger partial charge in [-0.2, -0.15) is 0 Å². The van der Waals surface area contributed by atoms with Gasteiger partial charge in [-0.05, 0) is 43.9 Å². The molecule has 1 heterocycles. The highest BCUT2D eigenvalue weighted by molar-refractivity contribution is 5.67. The molecular weight excluding hydrogens is 219 g/mol. The van der Waals surface area contributed by atoms with Crippen molar-refractivity contribution in [2.75, 3.05) is 23.7 Å². The predicted octanol–water partition coefficient (Wildman–Crippen LogP) is 2.01. The number of nitrogens with zero attached hydrogens (tertiary/aromatic N) is 1. The summed E-state index contributed by atoms with van der Waals surface area (Å²) in [5.41, 5.74) is 7.20. The molecule has 1 saturated heterocycles. The van der Waals surface area contributed by atoms with Crippen molar-refractivity contribution >= 4 is 11.4 Å². The molecule has 1 aliphatic heterocycles. The molecule has 3 nitrogen and oxygen atoms in total. The third-order valence-electron chi connectivity index (χ3n) is 3.55. The van der Waals surface area contributed by atoms with Crippen LogP contribution in [-0.4, -0.2) is 24.3 Å². The van der Waals surface area contributed by atoms with Crippen molar-refractivity contribution in [3.05, 3.63) is 24.0 Å². The minimum atomic E-state index is -0.301. The highest BCUT2D eigenvalue weighted by atomic mass is 19.1. The molecule has 1 aromatic rings. The molecular formula is C13H19FN2O. The standard InChI is InChI=1S/C13H19FN2O/c1-9(17)10-4-6-16(7-5-10)13-3-2-11(14)8-12(13)15/h2-3,8-10,17H,4-7,15H2,1H3. The van der Waals surface area contributed by atoms with E-state index in [-0.39, 0.29) is 11.9 Å². The van der Waals surface area contributed by atoms with Gasteiger partial charge < -0.3 is 15.7 Å². The number of nitrogens with two attached hydrogens (primary N) is 1. The van der Waals surface area contributed by atoms with E-state index in [2.05, 4.69) is 4.90 Å². The van der Waals surface area contributed by atoms with Crippen LogP contribution >= 0.6 is 0 Å². The summed E-state index contributed by atoms with van der Waals surface area (Å²) in [7, 11) is 0. The summed E-state index contributed by atoms with van der Waals surface area (Å²) in [5.74, 6) is 0.0676. The van der Waals surface area contributed by atoms with Crippen LogP contribution in [0.3, 0.4) is 0 Å². The van der Waals surface area contributed by atoms with E-state index in [0.717, 1.165) is 31.6 Å². The summed E-state index contributed by atoms with van der Waals surface area (Å²) in [6.45, 7) is 3.57. The van der Waals surface area contributed by atoms with E-state index < -0.39 is 0 Å². The Labute approximate surface area is 101 Å². The fourth-order valence-electron chi connectivity index (χ4n) is 2.44. The molecule has 1 aromatic carbocycles. The topological polar surface area (TPSA) is 49.5 Å². The van der Waals surface area contributed by atoms with Gasteiger partial charge in [0.2, 0.25) is 0 Å². The molecule has 17 heavy (non-hydrogen) atoms. The van der Waals surface area contributed by atoms with Crippen LogP contribution in [-0.2, 0) is 0 Å². The van der Waals surface area contributed by atoms with Gasteiger partial charge in [-0.3, -0.25) is 0 Å². The number of anilines is 2. The van der Waals surface area contributed by atoms with E-state index in [9.17, 15) is 9.50 Å². The fourth-order valence-corrected chi connectivity index (χ4v) is 2.44. The Morgan fingerprint density at radius 2 is 2.06 bits per heavy atom. The molecule has 3 N–H and O–H groups in total. The number of aliphatic hydroxyl groups excluding tert-OH is 1. The second-order valence-electron chi connectivity index (χ2n) is 4.77. The van der Waals surface area contributed by atoms with E-state index in [0.29, 0.717) is 11.6 Å². The van der Waals surface area contributed by atoms with Crippen molar-refractivity contribution in [2.45, 2.75) is 25.9 Å². The second-order valence-corrected chi connectivity index (χ2v) is 4.77. The van der Waals surface area contributed by atoms with Gasteiger partial charge in [-0.1, -0.05) is 0 Å². The Bertz CT molecular complexity index is 387. The summed E-state index contributed by atoms with van der Waals surface area (Å²) in [5, 5.41) is 9.53. The maximum absolute atomic E-state index is 13.0. The number of benzene rings is 1. The lowest BCUT2D eigenvalue weighted by atomic mass is 9.92. The molecule has 2 rings (SSSR count). The van der Waals surface area contributed by atoms with Gasteiger partial charge >= 0.3 is 0 Å². The fraction of sp³-hybridized carbons (Fsp3) is 0.538. The first-order valence-corrected chi connectivity index (χ1v) is 6.06. The Balaban J connectivity index is 2.05. The zero-order valence-electron chi connectivity index (χ0n) is 10.1. The maximum Gasteiger partial charge on any atom is 0.125 e. The third kappa shape index (κ3) is 2.69. The van der Waals surface area contributed by atoms with Crippen LogP contribution in [0.25, 0.3) is 0 Å². The Morgan fingerprint density at radius 3 is 2.59 bits per heavy atom. The minimum Gasteiger partial charge on any atom is -0.397 e. The Kier molecular flexibility index (Phi) is 3.52. The number of piperidine rings is 1. The summed E-state index contributed by atoms with van der Waals surface area (Å²) >= 11 is 0. The van der Waals surface area contributed by atoms with Crippen LogP contribution in [0.15, 0.2) is 18.2 Å². The number of halogens is 1. The minimum absolute atomic E-state index is 0.247. The predicted molar refractivity (Wildman–Crippen MR) is 67.4 cm³/mol. The molecule has 0 amide bonds. The van der Waals surface area contributed by atoms with Crippen LogP contribution in [0.2, 0.25) is 0 Å². The van der Waals surface area contributed by atoms with E-state index in [4.69, 9.17) is 5.73 Å². The first kappa shape index (κ1) is 12.2. The molecule has 1 unspecified atom stereocenters. The van der Waals surface area contributed by atoms with Crippen LogP contribution in [0.5, 0.6) is 0 Å². The van der Waals surface area contributed by atoms with Gasteiger partial charge in [0.05, 0.1) is 17.5 Å².